The summed E-state index contributed by atoms with van der Waals surface area (Å²) < 4.78 is 0. The van der Waals surface area contributed by atoms with Gasteiger partial charge in [-0.15, -0.1) is 0 Å². The Morgan fingerprint density at radius 3 is 1.37 bits per heavy atom. The Morgan fingerprint density at radius 2 is 0.783 bits per heavy atom. The highest BCUT2D eigenvalue weighted by molar-refractivity contribution is 5.65. The van der Waals surface area contributed by atoms with Gasteiger partial charge in [-0.1, -0.05) is 260 Å². The van der Waals surface area contributed by atoms with Gasteiger partial charge in [0.25, 0.3) is 0 Å². The van der Waals surface area contributed by atoms with Crippen molar-refractivity contribution in [1.82, 2.24) is 0 Å². The van der Waals surface area contributed by atoms with Gasteiger partial charge in [-0.3, -0.25) is 0 Å². The summed E-state index contributed by atoms with van der Waals surface area (Å²) in [4.78, 5) is 0. The highest BCUT2D eigenvalue weighted by Crippen LogP contribution is 2.33. The van der Waals surface area contributed by atoms with Crippen LogP contribution in [0.1, 0.15) is 205 Å². The number of benzene rings is 4. The first-order chi connectivity index (χ1) is 28.3. The van der Waals surface area contributed by atoms with E-state index in [4.69, 9.17) is 0 Å². The average Bonchev–Trinajstić information content (AvgIpc) is 4.07. The van der Waals surface area contributed by atoms with E-state index in [0.29, 0.717) is 0 Å². The molecule has 0 unspecified atom stereocenters. The summed E-state index contributed by atoms with van der Waals surface area (Å²) in [5.41, 5.74) is 18.5. The van der Waals surface area contributed by atoms with Crippen LogP contribution in [0.3, 0.4) is 0 Å². The molecule has 4 aromatic rings. The normalized spacial score (nSPS) is 13.1. The van der Waals surface area contributed by atoms with Crippen molar-refractivity contribution in [1.29, 1.82) is 0 Å². The number of allylic oxidation sites excluding steroid dienone is 4. The van der Waals surface area contributed by atoms with Crippen LogP contribution in [0.5, 0.6) is 0 Å². The molecule has 4 aliphatic carbocycles. The highest BCUT2D eigenvalue weighted by Gasteiger charge is 2.21. The van der Waals surface area contributed by atoms with Crippen molar-refractivity contribution in [3.63, 3.8) is 0 Å². The van der Waals surface area contributed by atoms with Gasteiger partial charge in [0.2, 0.25) is 0 Å². The molecule has 0 nitrogen and oxygen atoms in total. The first kappa shape index (κ1) is 53.9. The molecule has 60 heavy (non-hydrogen) atoms. The topological polar surface area (TPSA) is 0 Å². The van der Waals surface area contributed by atoms with E-state index in [1.165, 1.54) is 66.8 Å². The van der Waals surface area contributed by atoms with Gasteiger partial charge < -0.3 is 0 Å². The Morgan fingerprint density at radius 1 is 0.333 bits per heavy atom. The summed E-state index contributed by atoms with van der Waals surface area (Å²) >= 11 is 0. The summed E-state index contributed by atoms with van der Waals surface area (Å²) in [6.45, 7) is 43.2. The van der Waals surface area contributed by atoms with Gasteiger partial charge in [-0.2, -0.15) is 0 Å². The van der Waals surface area contributed by atoms with E-state index in [2.05, 4.69) is 204 Å². The van der Waals surface area contributed by atoms with Crippen molar-refractivity contribution in [2.45, 2.75) is 186 Å². The largest absolute Gasteiger partial charge is 0.0795 e. The maximum Gasteiger partial charge on any atom is -0.00852 e. The minimum Gasteiger partial charge on any atom is -0.0795 e. The first-order valence-corrected chi connectivity index (χ1v) is 23.5. The predicted octanol–water partition coefficient (Wildman–Crippen LogP) is 18.3. The molecular formula is C60H88. The second kappa shape index (κ2) is 24.9. The van der Waals surface area contributed by atoms with Crippen LogP contribution in [-0.4, -0.2) is 0 Å². The monoisotopic (exact) mass is 809 g/mol. The smallest absolute Gasteiger partial charge is 0.00852 e. The molecule has 0 saturated carbocycles. The van der Waals surface area contributed by atoms with Crippen LogP contribution < -0.4 is 0 Å². The second-order valence-electron chi connectivity index (χ2n) is 19.0. The predicted molar refractivity (Wildman–Crippen MR) is 277 cm³/mol. The minimum absolute atomic E-state index is 0.264. The molecule has 0 bridgehead atoms. The van der Waals surface area contributed by atoms with E-state index in [1.54, 1.807) is 0 Å². The third-order valence-electron chi connectivity index (χ3n) is 10.6. The van der Waals surface area contributed by atoms with Crippen molar-refractivity contribution in [2.24, 2.45) is 0 Å². The molecule has 0 saturated heterocycles. The van der Waals surface area contributed by atoms with Crippen LogP contribution >= 0.6 is 0 Å². The Bertz CT molecular complexity index is 1990. The van der Waals surface area contributed by atoms with E-state index in [1.807, 2.05) is 55.4 Å². The standard InChI is InChI=1S/4C13H16.4C2H6/c2*1-13(2,3)12-9-5-7-10-6-4-8-11(10)12;2*1-13(2,3)12-8-7-10-5-4-6-11(10)9-12;4*1-2/h4-5,7-9H,6H2,1-3H3;4-7,9H,8H2,1-3H3;4,6-9H,5H2,1-3H3;4-5,7-9H,6H2,1-3H3;4*1-2H3. The maximum absolute atomic E-state index is 2.34. The number of fused-ring (bicyclic) bond motifs is 4. The van der Waals surface area contributed by atoms with Crippen LogP contribution in [0.15, 0.2) is 97.1 Å². The van der Waals surface area contributed by atoms with Crippen LogP contribution in [0, 0.1) is 0 Å². The summed E-state index contributed by atoms with van der Waals surface area (Å²) in [5, 5.41) is 0. The minimum atomic E-state index is 0.264. The van der Waals surface area contributed by atoms with Gasteiger partial charge in [0.1, 0.15) is 0 Å². The zero-order valence-electron chi connectivity index (χ0n) is 42.4. The Balaban J connectivity index is 0.000000378. The second-order valence-corrected chi connectivity index (χ2v) is 19.0. The molecule has 0 amide bonds. The van der Waals surface area contributed by atoms with Gasteiger partial charge in [0.05, 0.1) is 0 Å². The third-order valence-corrected chi connectivity index (χ3v) is 10.6. The molecule has 0 aromatic heterocycles. The lowest BCUT2D eigenvalue weighted by Crippen LogP contribution is -2.13. The lowest BCUT2D eigenvalue weighted by Gasteiger charge is -2.22. The van der Waals surface area contributed by atoms with Crippen LogP contribution in [0.2, 0.25) is 0 Å². The molecule has 0 spiro atoms. The van der Waals surface area contributed by atoms with E-state index < -0.39 is 0 Å². The molecule has 8 rings (SSSR count). The molecule has 0 atom stereocenters. The zero-order chi connectivity index (χ0) is 45.9. The van der Waals surface area contributed by atoms with Crippen molar-refractivity contribution in [3.05, 3.63) is 164 Å². The lowest BCUT2D eigenvalue weighted by atomic mass is 9.82. The van der Waals surface area contributed by atoms with E-state index >= 15 is 0 Å². The van der Waals surface area contributed by atoms with Crippen LogP contribution in [-0.2, 0) is 47.3 Å². The molecular weight excluding hydrogens is 721 g/mol. The Kier molecular flexibility index (Phi) is 22.4. The number of hydrogen-bond acceptors (Lipinski definition) is 0. The molecule has 0 heterocycles. The quantitative estimate of drug-likeness (QED) is 0.166. The van der Waals surface area contributed by atoms with Gasteiger partial charge >= 0.3 is 0 Å². The number of rotatable bonds is 0. The van der Waals surface area contributed by atoms with Crippen LogP contribution in [0.4, 0.5) is 0 Å². The van der Waals surface area contributed by atoms with E-state index in [-0.39, 0.29) is 21.7 Å². The first-order valence-electron chi connectivity index (χ1n) is 23.5. The van der Waals surface area contributed by atoms with Gasteiger partial charge in [0.15, 0.2) is 0 Å². The summed E-state index contributed by atoms with van der Waals surface area (Å²) in [5.74, 6) is 0. The molecule has 4 aromatic carbocycles. The fourth-order valence-corrected chi connectivity index (χ4v) is 7.38. The van der Waals surface area contributed by atoms with E-state index in [9.17, 15) is 0 Å². The fraction of sp³-hybridized carbons (Fsp3) is 0.467. The maximum atomic E-state index is 2.34. The van der Waals surface area contributed by atoms with Gasteiger partial charge in [0, 0.05) is 0 Å². The highest BCUT2D eigenvalue weighted by atomic mass is 14.3. The third kappa shape index (κ3) is 15.7. The molecule has 0 fully saturated rings. The Labute approximate surface area is 372 Å². The van der Waals surface area contributed by atoms with Gasteiger partial charge in [-0.05, 0) is 114 Å². The molecule has 4 aliphatic rings. The van der Waals surface area contributed by atoms with Crippen molar-refractivity contribution >= 4 is 24.3 Å². The number of hydrogen-bond donors (Lipinski definition) is 0. The van der Waals surface area contributed by atoms with Crippen molar-refractivity contribution < 1.29 is 0 Å². The van der Waals surface area contributed by atoms with E-state index in [0.717, 1.165) is 25.7 Å². The summed E-state index contributed by atoms with van der Waals surface area (Å²) in [6, 6.07) is 26.9. The molecule has 0 aliphatic heterocycles. The average molecular weight is 809 g/mol. The van der Waals surface area contributed by atoms with Crippen molar-refractivity contribution in [2.75, 3.05) is 0 Å². The zero-order valence-corrected chi connectivity index (χ0v) is 42.4. The Hall–Kier alpha value is -4.16. The molecule has 0 radical (unpaired) electrons. The molecule has 0 N–H and O–H groups in total. The summed E-state index contributed by atoms with van der Waals surface area (Å²) in [6.07, 6.45) is 22.3. The van der Waals surface area contributed by atoms with Gasteiger partial charge in [-0.25, -0.2) is 0 Å². The summed E-state index contributed by atoms with van der Waals surface area (Å²) in [7, 11) is 0. The lowest BCUT2D eigenvalue weighted by molar-refractivity contribution is 0.584. The van der Waals surface area contributed by atoms with Crippen molar-refractivity contribution in [3.8, 4) is 0 Å². The SMILES string of the molecule is CC.CC.CC.CC.CC(C)(C)c1ccc2c(c1)C=CC2.CC(C)(C)c1ccc2c(c1)CC=C2.CC(C)(C)c1cccc2c1C=CC2.CC(C)(C)c1cccc2c1CC=C2. The molecule has 328 valence electrons. The molecule has 0 heteroatoms. The fourth-order valence-electron chi connectivity index (χ4n) is 7.38. The van der Waals surface area contributed by atoms with Crippen LogP contribution in [0.25, 0.3) is 24.3 Å².